The third kappa shape index (κ3) is 11.8. The lowest BCUT2D eigenvalue weighted by Crippen LogP contribution is -2.61. The van der Waals surface area contributed by atoms with Crippen LogP contribution in [-0.2, 0) is 57.2 Å². The normalized spacial score (nSPS) is 35.5. The van der Waals surface area contributed by atoms with Crippen LogP contribution in [0.5, 0.6) is 11.5 Å². The molecule has 3 aliphatic heterocycles. The van der Waals surface area contributed by atoms with Crippen molar-refractivity contribution in [3.63, 3.8) is 0 Å². The fourth-order valence-electron chi connectivity index (χ4n) is 16.3. The van der Waals surface area contributed by atoms with Gasteiger partial charge in [-0.25, -0.2) is 4.79 Å². The molecule has 11 fully saturated rings. The molecule has 0 spiro atoms. The minimum Gasteiger partial charge on any atom is -0.507 e. The van der Waals surface area contributed by atoms with E-state index < -0.39 is 52.6 Å². The van der Waals surface area contributed by atoms with Crippen LogP contribution in [0.15, 0.2) is 36.4 Å². The van der Waals surface area contributed by atoms with Gasteiger partial charge in [0.2, 0.25) is 0 Å². The summed E-state index contributed by atoms with van der Waals surface area (Å²) in [6.07, 6.45) is 16.0. The van der Waals surface area contributed by atoms with Crippen molar-refractivity contribution < 1.29 is 72.1 Å². The van der Waals surface area contributed by atoms with Crippen LogP contribution in [0.1, 0.15) is 199 Å². The molecular formula is C67H96O15. The maximum atomic E-state index is 12.7. The molecule has 14 atom stereocenters. The number of phenolic OH excluding ortho intramolecular Hbond substituents is 1. The van der Waals surface area contributed by atoms with Gasteiger partial charge in [0, 0.05) is 23.1 Å². The third-order valence-corrected chi connectivity index (χ3v) is 22.3. The maximum Gasteiger partial charge on any atom is 0.349 e. The quantitative estimate of drug-likeness (QED) is 0.0736. The van der Waals surface area contributed by atoms with E-state index in [-0.39, 0.29) is 64.4 Å². The minimum absolute atomic E-state index is 0.0455. The van der Waals surface area contributed by atoms with E-state index in [1.807, 2.05) is 62.3 Å². The van der Waals surface area contributed by atoms with E-state index in [2.05, 4.69) is 13.8 Å². The van der Waals surface area contributed by atoms with Crippen LogP contribution in [0.2, 0.25) is 0 Å². The average Bonchev–Trinajstić information content (AvgIpc) is 2.05. The number of aromatic hydroxyl groups is 1. The molecule has 10 bridgehead atoms. The summed E-state index contributed by atoms with van der Waals surface area (Å²) in [7, 11) is 0. The number of carbonyl (C=O) groups is 6. The molecule has 0 aromatic heterocycles. The van der Waals surface area contributed by atoms with Gasteiger partial charge in [0.05, 0.1) is 39.3 Å². The van der Waals surface area contributed by atoms with Crippen LogP contribution in [0.25, 0.3) is 10.8 Å². The summed E-state index contributed by atoms with van der Waals surface area (Å²) < 4.78 is 39.0. The number of hydrogen-bond donors (Lipinski definition) is 2. The van der Waals surface area contributed by atoms with Gasteiger partial charge in [-0.3, -0.25) is 24.0 Å². The number of ether oxygens (including phenoxy) is 7. The number of benzene rings is 2. The summed E-state index contributed by atoms with van der Waals surface area (Å²) in [6, 6.07) is 9.99. The highest BCUT2D eigenvalue weighted by atomic mass is 16.7. The monoisotopic (exact) mass is 1140 g/mol. The summed E-state index contributed by atoms with van der Waals surface area (Å²) in [4.78, 5) is 72.4. The minimum atomic E-state index is -0.666. The Kier molecular flexibility index (Phi) is 17.3. The summed E-state index contributed by atoms with van der Waals surface area (Å²) in [5, 5.41) is 21.7. The zero-order valence-electron chi connectivity index (χ0n) is 51.4. The standard InChI is InChI=1S/C20H32O2.C18H20O5.C16H26O3.C13H18O5/c1-5-19(3,4)18(21)22-20(6-2)11-14-10-15(20)17-13-8-7-12(9-13)16(14)17;1-4-18(2,3)17(21)22-11-16(20)23-15-10-6-7-12-13(15)8-5-9-14(12)19;1-4-14(2,3)13(17)19-16-8-11-5-12(9-16)7-15(18,6-11)10-16;1-4-13(2,3)12(15)18-9-7-5-6-8(16-7)10(9)17-11(6)14/h12-17H,5-11H2,1-4H3;5-10,19H,4,11H2,1-3H3;11-12,18H,4-10H2,1-3H3;6-10H,4-5H2,1-3H3. The first-order chi connectivity index (χ1) is 38.5. The zero-order valence-corrected chi connectivity index (χ0v) is 51.4. The number of phenols is 1. The van der Waals surface area contributed by atoms with E-state index in [9.17, 15) is 39.0 Å². The lowest BCUT2D eigenvalue weighted by molar-refractivity contribution is -0.225. The van der Waals surface area contributed by atoms with Crippen molar-refractivity contribution in [2.24, 2.45) is 74.9 Å². The molecule has 2 aromatic carbocycles. The molecular weight excluding hydrogens is 1040 g/mol. The Balaban J connectivity index is 0.000000132. The van der Waals surface area contributed by atoms with Crippen LogP contribution >= 0.6 is 0 Å². The van der Waals surface area contributed by atoms with Crippen LogP contribution in [0, 0.1) is 74.9 Å². The molecule has 454 valence electrons. The van der Waals surface area contributed by atoms with Crippen LogP contribution in [0.3, 0.4) is 0 Å². The average molecular weight is 1140 g/mol. The molecule has 8 aliphatic carbocycles. The van der Waals surface area contributed by atoms with Gasteiger partial charge in [0.15, 0.2) is 18.8 Å². The Hall–Kier alpha value is -4.76. The summed E-state index contributed by atoms with van der Waals surface area (Å²) in [5.74, 6) is 5.16. The molecule has 0 amide bonds. The Morgan fingerprint density at radius 3 is 1.82 bits per heavy atom. The van der Waals surface area contributed by atoms with Crippen LogP contribution in [0.4, 0.5) is 0 Å². The second-order valence-corrected chi connectivity index (χ2v) is 29.2. The topological polar surface area (TPSA) is 207 Å². The Labute approximate surface area is 486 Å². The smallest absolute Gasteiger partial charge is 0.349 e. The van der Waals surface area contributed by atoms with Crippen molar-refractivity contribution >= 4 is 46.6 Å². The first kappa shape index (κ1) is 61.8. The van der Waals surface area contributed by atoms with Crippen molar-refractivity contribution in [1.29, 1.82) is 0 Å². The summed E-state index contributed by atoms with van der Waals surface area (Å²) >= 11 is 0. The maximum absolute atomic E-state index is 12.7. The number of fused-ring (bicyclic) bond motifs is 11. The molecule has 8 saturated carbocycles. The Morgan fingerprint density at radius 2 is 1.21 bits per heavy atom. The van der Waals surface area contributed by atoms with E-state index in [1.54, 1.807) is 50.2 Å². The summed E-state index contributed by atoms with van der Waals surface area (Å²) in [5.41, 5.74) is -2.93. The fourth-order valence-corrected chi connectivity index (χ4v) is 16.3. The summed E-state index contributed by atoms with van der Waals surface area (Å²) in [6.45, 7) is 24.9. The van der Waals surface area contributed by atoms with Gasteiger partial charge in [-0.15, -0.1) is 0 Å². The van der Waals surface area contributed by atoms with Gasteiger partial charge >= 0.3 is 35.8 Å². The molecule has 0 radical (unpaired) electrons. The van der Waals surface area contributed by atoms with Gasteiger partial charge < -0.3 is 43.4 Å². The molecule has 2 aromatic rings. The first-order valence-corrected chi connectivity index (χ1v) is 31.3. The third-order valence-electron chi connectivity index (χ3n) is 22.3. The molecule has 15 heteroatoms. The molecule has 3 saturated heterocycles. The van der Waals surface area contributed by atoms with Crippen molar-refractivity contribution in [3.05, 3.63) is 36.4 Å². The van der Waals surface area contributed by atoms with Gasteiger partial charge in [-0.05, 0) is 212 Å². The van der Waals surface area contributed by atoms with Crippen molar-refractivity contribution in [1.82, 2.24) is 0 Å². The highest BCUT2D eigenvalue weighted by Gasteiger charge is 2.69. The van der Waals surface area contributed by atoms with Gasteiger partial charge in [0.1, 0.15) is 28.8 Å². The lowest BCUT2D eigenvalue weighted by Gasteiger charge is -2.59. The van der Waals surface area contributed by atoms with Gasteiger partial charge in [-0.1, -0.05) is 58.9 Å². The molecule has 3 heterocycles. The highest BCUT2D eigenvalue weighted by Crippen LogP contribution is 2.71. The van der Waals surface area contributed by atoms with E-state index in [0.29, 0.717) is 60.0 Å². The van der Waals surface area contributed by atoms with E-state index in [4.69, 9.17) is 33.2 Å². The molecule has 11 aliphatic rings. The largest absolute Gasteiger partial charge is 0.507 e. The molecule has 2 N–H and O–H groups in total. The van der Waals surface area contributed by atoms with Gasteiger partial charge in [-0.2, -0.15) is 0 Å². The lowest BCUT2D eigenvalue weighted by atomic mass is 9.52. The Bertz CT molecular complexity index is 2730. The van der Waals surface area contributed by atoms with E-state index in [1.165, 1.54) is 32.1 Å². The molecule has 82 heavy (non-hydrogen) atoms. The number of esters is 6. The van der Waals surface area contributed by atoms with Crippen molar-refractivity contribution in [3.8, 4) is 11.5 Å². The SMILES string of the molecule is CCC(C)(C)C(=O)OC1(CC)CC2CC1C1C3CCC(C3)C21.CCC(C)(C)C(=O)OC12CC3CC(CC(O)(C3)C1)C2.CCC(C)(C)C(=O)OC1C2CC3C(=O)OC1C3O2.CCC(C)(C)C(=O)OCC(=O)Oc1cccc2c(O)cccc12. The highest BCUT2D eigenvalue weighted by molar-refractivity contribution is 5.94. The van der Waals surface area contributed by atoms with E-state index >= 15 is 0 Å². The van der Waals surface area contributed by atoms with Gasteiger partial charge in [0.25, 0.3) is 0 Å². The van der Waals surface area contributed by atoms with Crippen molar-refractivity contribution in [2.45, 2.75) is 240 Å². The fraction of sp³-hybridized carbons (Fsp3) is 0.761. The van der Waals surface area contributed by atoms with E-state index in [0.717, 1.165) is 81.0 Å². The predicted octanol–water partition coefficient (Wildman–Crippen LogP) is 12.3. The second-order valence-electron chi connectivity index (χ2n) is 29.2. The predicted molar refractivity (Wildman–Crippen MR) is 307 cm³/mol. The Morgan fingerprint density at radius 1 is 0.634 bits per heavy atom. The molecule has 15 nitrogen and oxygen atoms in total. The molecule has 13 rings (SSSR count). The zero-order chi connectivity index (χ0) is 59.7. The number of aliphatic hydroxyl groups is 1. The van der Waals surface area contributed by atoms with Crippen LogP contribution < -0.4 is 4.74 Å². The first-order valence-electron chi connectivity index (χ1n) is 31.3. The second kappa shape index (κ2) is 22.9. The molecule has 14 unspecified atom stereocenters. The number of carbonyl (C=O) groups excluding carboxylic acids is 6. The number of rotatable bonds is 15. The van der Waals surface area contributed by atoms with Crippen LogP contribution in [-0.4, -0.2) is 93.9 Å². The van der Waals surface area contributed by atoms with Crippen molar-refractivity contribution in [2.75, 3.05) is 6.61 Å². The number of hydrogen-bond acceptors (Lipinski definition) is 15.